The third kappa shape index (κ3) is 4.15. The normalized spacial score (nSPS) is 10.3. The standard InChI is InChI=1S/C16H14Cl2N2O4/c1-9-6-12(13(20(22)23)7-10(9)2)19-15(21)8-24-14-5-3-4-11(17)16(14)18/h3-7H,8H2,1-2H3,(H,19,21). The molecule has 1 amide bonds. The lowest BCUT2D eigenvalue weighted by Crippen LogP contribution is -2.21. The maximum atomic E-state index is 12.0. The zero-order valence-electron chi connectivity index (χ0n) is 12.9. The Labute approximate surface area is 148 Å². The van der Waals surface area contributed by atoms with Crippen LogP contribution in [-0.2, 0) is 4.79 Å². The summed E-state index contributed by atoms with van der Waals surface area (Å²) in [6.07, 6.45) is 0. The van der Waals surface area contributed by atoms with Crippen molar-refractivity contribution in [1.29, 1.82) is 0 Å². The Morgan fingerprint density at radius 2 is 1.92 bits per heavy atom. The number of anilines is 1. The second-order valence-electron chi connectivity index (χ2n) is 5.10. The fraction of sp³-hybridized carbons (Fsp3) is 0.188. The van der Waals surface area contributed by atoms with Gasteiger partial charge in [0.15, 0.2) is 6.61 Å². The van der Waals surface area contributed by atoms with Crippen molar-refractivity contribution in [3.8, 4) is 5.75 Å². The Morgan fingerprint density at radius 3 is 2.58 bits per heavy atom. The minimum Gasteiger partial charge on any atom is -0.482 e. The van der Waals surface area contributed by atoms with E-state index in [1.165, 1.54) is 6.07 Å². The second-order valence-corrected chi connectivity index (χ2v) is 5.88. The van der Waals surface area contributed by atoms with Gasteiger partial charge in [-0.05, 0) is 43.2 Å². The van der Waals surface area contributed by atoms with Gasteiger partial charge in [-0.3, -0.25) is 14.9 Å². The number of nitro benzene ring substituents is 1. The number of benzene rings is 2. The average molecular weight is 369 g/mol. The molecular formula is C16H14Cl2N2O4. The van der Waals surface area contributed by atoms with Crippen molar-refractivity contribution in [1.82, 2.24) is 0 Å². The summed E-state index contributed by atoms with van der Waals surface area (Å²) in [5, 5.41) is 14.1. The molecule has 0 aliphatic rings. The first-order valence-corrected chi connectivity index (χ1v) is 7.67. The first-order valence-electron chi connectivity index (χ1n) is 6.92. The zero-order chi connectivity index (χ0) is 17.9. The van der Waals surface area contributed by atoms with Gasteiger partial charge in [0.25, 0.3) is 11.6 Å². The summed E-state index contributed by atoms with van der Waals surface area (Å²) in [6, 6.07) is 7.77. The van der Waals surface area contributed by atoms with Crippen LogP contribution in [0.15, 0.2) is 30.3 Å². The molecule has 0 radical (unpaired) electrons. The number of halogens is 2. The van der Waals surface area contributed by atoms with Crippen molar-refractivity contribution in [3.05, 3.63) is 61.6 Å². The number of hydrogen-bond donors (Lipinski definition) is 1. The van der Waals surface area contributed by atoms with E-state index in [-0.39, 0.29) is 28.8 Å². The second kappa shape index (κ2) is 7.51. The molecule has 8 heteroatoms. The van der Waals surface area contributed by atoms with Crippen LogP contribution >= 0.6 is 23.2 Å². The topological polar surface area (TPSA) is 81.5 Å². The molecule has 2 rings (SSSR count). The van der Waals surface area contributed by atoms with Crippen molar-refractivity contribution in [2.75, 3.05) is 11.9 Å². The summed E-state index contributed by atoms with van der Waals surface area (Å²) in [5.41, 5.74) is 1.54. The van der Waals surface area contributed by atoms with Crippen molar-refractivity contribution in [2.45, 2.75) is 13.8 Å². The van der Waals surface area contributed by atoms with E-state index in [0.29, 0.717) is 5.02 Å². The number of amides is 1. The minimum atomic E-state index is -0.545. The molecule has 1 N–H and O–H groups in total. The van der Waals surface area contributed by atoms with Crippen molar-refractivity contribution >= 4 is 40.5 Å². The van der Waals surface area contributed by atoms with Gasteiger partial charge in [-0.15, -0.1) is 0 Å². The molecule has 0 atom stereocenters. The highest BCUT2D eigenvalue weighted by atomic mass is 35.5. The lowest BCUT2D eigenvalue weighted by atomic mass is 10.1. The smallest absolute Gasteiger partial charge is 0.293 e. The van der Waals surface area contributed by atoms with E-state index in [0.717, 1.165) is 11.1 Å². The fourth-order valence-corrected chi connectivity index (χ4v) is 2.32. The molecule has 6 nitrogen and oxygen atoms in total. The van der Waals surface area contributed by atoms with Gasteiger partial charge in [0, 0.05) is 6.07 Å². The van der Waals surface area contributed by atoms with Gasteiger partial charge in [0.1, 0.15) is 16.5 Å². The molecule has 0 aromatic heterocycles. The van der Waals surface area contributed by atoms with Crippen LogP contribution in [0.5, 0.6) is 5.75 Å². The summed E-state index contributed by atoms with van der Waals surface area (Å²) < 4.78 is 5.31. The van der Waals surface area contributed by atoms with Crippen molar-refractivity contribution in [2.24, 2.45) is 0 Å². The Morgan fingerprint density at radius 1 is 1.25 bits per heavy atom. The van der Waals surface area contributed by atoms with Crippen LogP contribution in [0.2, 0.25) is 10.0 Å². The van der Waals surface area contributed by atoms with Gasteiger partial charge in [-0.25, -0.2) is 0 Å². The van der Waals surface area contributed by atoms with E-state index in [2.05, 4.69) is 5.32 Å². The van der Waals surface area contributed by atoms with Gasteiger partial charge >= 0.3 is 0 Å². The number of nitrogens with one attached hydrogen (secondary N) is 1. The summed E-state index contributed by atoms with van der Waals surface area (Å²) in [7, 11) is 0. The summed E-state index contributed by atoms with van der Waals surface area (Å²) in [5.74, 6) is -0.286. The highest BCUT2D eigenvalue weighted by Gasteiger charge is 2.18. The van der Waals surface area contributed by atoms with Crippen molar-refractivity contribution < 1.29 is 14.5 Å². The maximum absolute atomic E-state index is 12.0. The number of hydrogen-bond acceptors (Lipinski definition) is 4. The van der Waals surface area contributed by atoms with Crippen LogP contribution in [0.25, 0.3) is 0 Å². The third-order valence-electron chi connectivity index (χ3n) is 3.36. The Bertz CT molecular complexity index is 809. The van der Waals surface area contributed by atoms with E-state index in [1.54, 1.807) is 38.1 Å². The molecule has 0 unspecified atom stereocenters. The molecule has 0 saturated carbocycles. The predicted molar refractivity (Wildman–Crippen MR) is 93.2 cm³/mol. The van der Waals surface area contributed by atoms with Gasteiger partial charge in [-0.1, -0.05) is 29.3 Å². The molecule has 0 fully saturated rings. The molecule has 2 aromatic rings. The lowest BCUT2D eigenvalue weighted by molar-refractivity contribution is -0.384. The first kappa shape index (κ1) is 18.0. The van der Waals surface area contributed by atoms with Gasteiger partial charge in [0.05, 0.1) is 9.95 Å². The SMILES string of the molecule is Cc1cc(NC(=O)COc2cccc(Cl)c2Cl)c([N+](=O)[O-])cc1C. The number of rotatable bonds is 5. The highest BCUT2D eigenvalue weighted by Crippen LogP contribution is 2.31. The summed E-state index contributed by atoms with van der Waals surface area (Å²) in [6.45, 7) is 3.21. The minimum absolute atomic E-state index is 0.119. The summed E-state index contributed by atoms with van der Waals surface area (Å²) >= 11 is 11.8. The number of aryl methyl sites for hydroxylation is 2. The molecule has 2 aromatic carbocycles. The van der Waals surface area contributed by atoms with Gasteiger partial charge in [0.2, 0.25) is 0 Å². The average Bonchev–Trinajstić information content (AvgIpc) is 2.52. The maximum Gasteiger partial charge on any atom is 0.293 e. The van der Waals surface area contributed by atoms with Crippen LogP contribution in [-0.4, -0.2) is 17.4 Å². The van der Waals surface area contributed by atoms with Crippen LogP contribution < -0.4 is 10.1 Å². The Balaban J connectivity index is 2.11. The van der Waals surface area contributed by atoms with E-state index < -0.39 is 10.8 Å². The Kier molecular flexibility index (Phi) is 5.64. The number of carbonyl (C=O) groups is 1. The number of nitro groups is 1. The molecule has 0 spiro atoms. The quantitative estimate of drug-likeness (QED) is 0.620. The number of carbonyl (C=O) groups excluding carboxylic acids is 1. The van der Waals surface area contributed by atoms with Crippen LogP contribution in [0.4, 0.5) is 11.4 Å². The molecule has 24 heavy (non-hydrogen) atoms. The lowest BCUT2D eigenvalue weighted by Gasteiger charge is -2.11. The van der Waals surface area contributed by atoms with Crippen LogP contribution in [0.1, 0.15) is 11.1 Å². The molecule has 0 aliphatic heterocycles. The molecule has 0 aliphatic carbocycles. The first-order chi connectivity index (χ1) is 11.3. The Hall–Kier alpha value is -2.31. The summed E-state index contributed by atoms with van der Waals surface area (Å²) in [4.78, 5) is 22.6. The molecule has 0 saturated heterocycles. The van der Waals surface area contributed by atoms with E-state index in [4.69, 9.17) is 27.9 Å². The van der Waals surface area contributed by atoms with E-state index >= 15 is 0 Å². The highest BCUT2D eigenvalue weighted by molar-refractivity contribution is 6.42. The number of nitrogens with zero attached hydrogens (tertiary/aromatic N) is 1. The van der Waals surface area contributed by atoms with Crippen LogP contribution in [0.3, 0.4) is 0 Å². The molecular weight excluding hydrogens is 355 g/mol. The number of ether oxygens (including phenoxy) is 1. The van der Waals surface area contributed by atoms with E-state index in [1.807, 2.05) is 0 Å². The monoisotopic (exact) mass is 368 g/mol. The predicted octanol–water partition coefficient (Wildman–Crippen LogP) is 4.54. The fourth-order valence-electron chi connectivity index (χ4n) is 1.98. The molecule has 126 valence electrons. The van der Waals surface area contributed by atoms with Gasteiger partial charge in [-0.2, -0.15) is 0 Å². The molecule has 0 bridgehead atoms. The molecule has 0 heterocycles. The van der Waals surface area contributed by atoms with E-state index in [9.17, 15) is 14.9 Å². The van der Waals surface area contributed by atoms with Crippen LogP contribution in [0, 0.1) is 24.0 Å². The van der Waals surface area contributed by atoms with Crippen molar-refractivity contribution in [3.63, 3.8) is 0 Å². The van der Waals surface area contributed by atoms with Gasteiger partial charge < -0.3 is 10.1 Å². The largest absolute Gasteiger partial charge is 0.482 e. The zero-order valence-corrected chi connectivity index (χ0v) is 14.4. The third-order valence-corrected chi connectivity index (χ3v) is 4.16.